The molecule has 0 radical (unpaired) electrons. The van der Waals surface area contributed by atoms with Crippen LogP contribution >= 0.6 is 0 Å². The van der Waals surface area contributed by atoms with Gasteiger partial charge in [-0.1, -0.05) is 30.3 Å². The van der Waals surface area contributed by atoms with Gasteiger partial charge in [-0.2, -0.15) is 5.26 Å². The number of nitrogens with zero attached hydrogens (tertiary/aromatic N) is 3. The molecule has 1 aromatic heterocycles. The van der Waals surface area contributed by atoms with Crippen LogP contribution in [-0.4, -0.2) is 9.55 Å². The zero-order chi connectivity index (χ0) is 15.5. The van der Waals surface area contributed by atoms with Crippen LogP contribution in [0.25, 0.3) is 22.7 Å². The Morgan fingerprint density at radius 1 is 1.23 bits per heavy atom. The smallest absolute Gasteiger partial charge is 0.151 e. The Balaban J connectivity index is 2.20. The van der Waals surface area contributed by atoms with Gasteiger partial charge in [0.25, 0.3) is 0 Å². The molecule has 0 N–H and O–H groups in total. The minimum atomic E-state index is -0.352. The van der Waals surface area contributed by atoms with E-state index >= 15 is 0 Å². The number of rotatable bonds is 3. The fourth-order valence-corrected chi connectivity index (χ4v) is 2.50. The molecule has 0 atom stereocenters. The third-order valence-corrected chi connectivity index (χ3v) is 3.54. The van der Waals surface area contributed by atoms with Gasteiger partial charge < -0.3 is 4.57 Å². The summed E-state index contributed by atoms with van der Waals surface area (Å²) < 4.78 is 15.8. The molecule has 0 saturated carbocycles. The van der Waals surface area contributed by atoms with E-state index in [9.17, 15) is 9.65 Å². The standard InChI is InChI=1S/C18H14FN3/c1-2-22-17-10-6-5-9-16(17)21-18(22)14(12-20)11-13-7-3-4-8-15(13)19/h3-11H,2H2,1H3/b14-11-. The molecule has 0 aliphatic carbocycles. The van der Waals surface area contributed by atoms with Crippen molar-refractivity contribution < 1.29 is 4.39 Å². The number of halogens is 1. The number of hydrogen-bond donors (Lipinski definition) is 0. The van der Waals surface area contributed by atoms with Crippen molar-refractivity contribution in [2.45, 2.75) is 13.5 Å². The normalized spacial score (nSPS) is 11.6. The second-order valence-corrected chi connectivity index (χ2v) is 4.86. The Morgan fingerprint density at radius 2 is 1.95 bits per heavy atom. The SMILES string of the molecule is CCn1c(/C(C#N)=C\c2ccccc2F)nc2ccccc21. The van der Waals surface area contributed by atoms with Crippen molar-refractivity contribution in [3.05, 3.63) is 65.7 Å². The van der Waals surface area contributed by atoms with Gasteiger partial charge in [-0.05, 0) is 31.2 Å². The molecule has 4 heteroatoms. The molecule has 108 valence electrons. The number of allylic oxidation sites excluding steroid dienone is 1. The number of benzene rings is 2. The number of aryl methyl sites for hydroxylation is 1. The molecule has 3 nitrogen and oxygen atoms in total. The van der Waals surface area contributed by atoms with Gasteiger partial charge in [-0.25, -0.2) is 9.37 Å². The Hall–Kier alpha value is -2.93. The molecule has 0 amide bonds. The number of imidazole rings is 1. The molecule has 2 aromatic carbocycles. The summed E-state index contributed by atoms with van der Waals surface area (Å²) in [6.07, 6.45) is 1.54. The lowest BCUT2D eigenvalue weighted by Gasteiger charge is -2.05. The molecule has 22 heavy (non-hydrogen) atoms. The molecule has 0 unspecified atom stereocenters. The zero-order valence-corrected chi connectivity index (χ0v) is 12.1. The molecule has 0 fully saturated rings. The molecule has 1 heterocycles. The van der Waals surface area contributed by atoms with Gasteiger partial charge in [0, 0.05) is 12.1 Å². The van der Waals surface area contributed by atoms with Crippen LogP contribution in [0, 0.1) is 17.1 Å². The fourth-order valence-electron chi connectivity index (χ4n) is 2.50. The van der Waals surface area contributed by atoms with E-state index in [1.54, 1.807) is 24.3 Å². The van der Waals surface area contributed by atoms with Crippen LogP contribution in [0.15, 0.2) is 48.5 Å². The summed E-state index contributed by atoms with van der Waals surface area (Å²) in [5.74, 6) is 0.212. The number of nitriles is 1. The monoisotopic (exact) mass is 291 g/mol. The lowest BCUT2D eigenvalue weighted by Crippen LogP contribution is -2.00. The third-order valence-electron chi connectivity index (χ3n) is 3.54. The van der Waals surface area contributed by atoms with Gasteiger partial charge in [0.1, 0.15) is 11.9 Å². The molecule has 3 aromatic rings. The Morgan fingerprint density at radius 3 is 2.68 bits per heavy atom. The fraction of sp³-hybridized carbons (Fsp3) is 0.111. The first-order valence-corrected chi connectivity index (χ1v) is 7.06. The van der Waals surface area contributed by atoms with Gasteiger partial charge in [0.15, 0.2) is 5.82 Å². The van der Waals surface area contributed by atoms with Crippen molar-refractivity contribution in [2.75, 3.05) is 0 Å². The van der Waals surface area contributed by atoms with Gasteiger partial charge in [-0.15, -0.1) is 0 Å². The minimum Gasteiger partial charge on any atom is -0.324 e. The molecule has 0 saturated heterocycles. The maximum atomic E-state index is 13.8. The quantitative estimate of drug-likeness (QED) is 0.677. The summed E-state index contributed by atoms with van der Waals surface area (Å²) in [4.78, 5) is 4.53. The van der Waals surface area contributed by atoms with E-state index in [1.165, 1.54) is 6.07 Å². The molecular weight excluding hydrogens is 277 g/mol. The summed E-state index contributed by atoms with van der Waals surface area (Å²) in [5, 5.41) is 9.48. The molecule has 0 aliphatic heterocycles. The van der Waals surface area contributed by atoms with Crippen LogP contribution in [-0.2, 0) is 6.54 Å². The average Bonchev–Trinajstić information content (AvgIpc) is 2.92. The number of fused-ring (bicyclic) bond motifs is 1. The number of aromatic nitrogens is 2. The minimum absolute atomic E-state index is 0.350. The molecule has 0 aliphatic rings. The lowest BCUT2D eigenvalue weighted by atomic mass is 10.1. The summed E-state index contributed by atoms with van der Waals surface area (Å²) in [6, 6.07) is 16.2. The lowest BCUT2D eigenvalue weighted by molar-refractivity contribution is 0.625. The summed E-state index contributed by atoms with van der Waals surface area (Å²) in [5.41, 5.74) is 2.53. The highest BCUT2D eigenvalue weighted by Crippen LogP contribution is 2.23. The van der Waals surface area contributed by atoms with Gasteiger partial charge in [-0.3, -0.25) is 0 Å². The highest BCUT2D eigenvalue weighted by Gasteiger charge is 2.13. The first kappa shape index (κ1) is 14.0. The Kier molecular flexibility index (Phi) is 3.71. The van der Waals surface area contributed by atoms with Crippen LogP contribution in [0.2, 0.25) is 0 Å². The zero-order valence-electron chi connectivity index (χ0n) is 12.1. The second kappa shape index (κ2) is 5.82. The van der Waals surface area contributed by atoms with Crippen LogP contribution in [0.4, 0.5) is 4.39 Å². The predicted octanol–water partition coefficient (Wildman–Crippen LogP) is 4.26. The van der Waals surface area contributed by atoms with E-state index in [0.717, 1.165) is 11.0 Å². The van der Waals surface area contributed by atoms with Crippen molar-refractivity contribution in [1.82, 2.24) is 9.55 Å². The van der Waals surface area contributed by atoms with Crippen LogP contribution in [0.3, 0.4) is 0 Å². The highest BCUT2D eigenvalue weighted by atomic mass is 19.1. The largest absolute Gasteiger partial charge is 0.324 e. The predicted molar refractivity (Wildman–Crippen MR) is 85.3 cm³/mol. The van der Waals surface area contributed by atoms with Crippen molar-refractivity contribution in [3.63, 3.8) is 0 Å². The van der Waals surface area contributed by atoms with Crippen molar-refractivity contribution in [2.24, 2.45) is 0 Å². The molecule has 3 rings (SSSR count). The van der Waals surface area contributed by atoms with E-state index in [0.29, 0.717) is 23.5 Å². The first-order chi connectivity index (χ1) is 10.7. The van der Waals surface area contributed by atoms with Crippen molar-refractivity contribution >= 4 is 22.7 Å². The van der Waals surface area contributed by atoms with Crippen molar-refractivity contribution in [3.8, 4) is 6.07 Å². The summed E-state index contributed by atoms with van der Waals surface area (Å²) in [7, 11) is 0. The van der Waals surface area contributed by atoms with E-state index in [2.05, 4.69) is 11.1 Å². The van der Waals surface area contributed by atoms with E-state index in [-0.39, 0.29) is 5.82 Å². The summed E-state index contributed by atoms with van der Waals surface area (Å²) in [6.45, 7) is 2.68. The Bertz CT molecular complexity index is 900. The van der Waals surface area contributed by atoms with Crippen LogP contribution in [0.1, 0.15) is 18.3 Å². The maximum Gasteiger partial charge on any atom is 0.151 e. The van der Waals surface area contributed by atoms with Crippen LogP contribution < -0.4 is 0 Å². The topological polar surface area (TPSA) is 41.6 Å². The van der Waals surface area contributed by atoms with E-state index in [1.807, 2.05) is 35.8 Å². The van der Waals surface area contributed by atoms with Gasteiger partial charge in [0.2, 0.25) is 0 Å². The Labute approximate surface area is 128 Å². The highest BCUT2D eigenvalue weighted by molar-refractivity contribution is 5.90. The van der Waals surface area contributed by atoms with Crippen LogP contribution in [0.5, 0.6) is 0 Å². The van der Waals surface area contributed by atoms with Crippen molar-refractivity contribution in [1.29, 1.82) is 5.26 Å². The molecule has 0 bridgehead atoms. The average molecular weight is 291 g/mol. The van der Waals surface area contributed by atoms with E-state index in [4.69, 9.17) is 0 Å². The van der Waals surface area contributed by atoms with Gasteiger partial charge in [0.05, 0.1) is 16.6 Å². The summed E-state index contributed by atoms with van der Waals surface area (Å²) >= 11 is 0. The maximum absolute atomic E-state index is 13.8. The van der Waals surface area contributed by atoms with E-state index < -0.39 is 0 Å². The second-order valence-electron chi connectivity index (χ2n) is 4.86. The number of para-hydroxylation sites is 2. The third kappa shape index (κ3) is 2.38. The molecule has 0 spiro atoms. The number of hydrogen-bond acceptors (Lipinski definition) is 2. The first-order valence-electron chi connectivity index (χ1n) is 7.06. The molecular formula is C18H14FN3. The van der Waals surface area contributed by atoms with Gasteiger partial charge >= 0.3 is 0 Å².